The molecule has 0 bridgehead atoms. The normalized spacial score (nSPS) is 10.2. The molecule has 0 aliphatic rings. The van der Waals surface area contributed by atoms with E-state index in [9.17, 15) is 9.59 Å². The third kappa shape index (κ3) is 3.23. The highest BCUT2D eigenvalue weighted by atomic mass is 16.6. The minimum atomic E-state index is -0.599. The average molecular weight is 227 g/mol. The van der Waals surface area contributed by atoms with Gasteiger partial charge in [0, 0.05) is 6.04 Å². The molecule has 4 N–H and O–H groups in total. The van der Waals surface area contributed by atoms with Crippen LogP contribution in [0.15, 0.2) is 4.63 Å². The molecule has 1 aromatic heterocycles. The number of hydrogen-bond acceptors (Lipinski definition) is 6. The Bertz CT molecular complexity index is 387. The molecule has 0 saturated heterocycles. The van der Waals surface area contributed by atoms with E-state index in [1.807, 2.05) is 13.8 Å². The minimum Gasteiger partial charge on any atom is -0.379 e. The fourth-order valence-electron chi connectivity index (χ4n) is 0.970. The lowest BCUT2D eigenvalue weighted by Crippen LogP contribution is -2.40. The van der Waals surface area contributed by atoms with Crippen molar-refractivity contribution < 1.29 is 14.2 Å². The molecule has 1 rings (SSSR count). The van der Waals surface area contributed by atoms with Crippen LogP contribution in [0.4, 0.5) is 5.82 Å². The zero-order chi connectivity index (χ0) is 12.1. The molecular weight excluding hydrogens is 214 g/mol. The molecule has 0 aliphatic heterocycles. The number of nitrogens with two attached hydrogens (primary N) is 1. The average Bonchev–Trinajstić information content (AvgIpc) is 2.60. The monoisotopic (exact) mass is 227 g/mol. The maximum Gasteiger partial charge on any atom is 0.277 e. The Hall–Kier alpha value is -2.12. The molecule has 1 heterocycles. The van der Waals surface area contributed by atoms with Gasteiger partial charge in [0.15, 0.2) is 0 Å². The van der Waals surface area contributed by atoms with Gasteiger partial charge in [-0.2, -0.15) is 0 Å². The SMILES string of the molecule is CC(C)NC(=O)CNC(=O)c1nonc1N. The van der Waals surface area contributed by atoms with Gasteiger partial charge in [0.2, 0.25) is 17.4 Å². The predicted octanol–water partition coefficient (Wildman–Crippen LogP) is -1.09. The van der Waals surface area contributed by atoms with Crippen LogP contribution in [0.5, 0.6) is 0 Å². The molecule has 0 aliphatic carbocycles. The topological polar surface area (TPSA) is 123 Å². The van der Waals surface area contributed by atoms with Gasteiger partial charge in [0.05, 0.1) is 6.54 Å². The fourth-order valence-corrected chi connectivity index (χ4v) is 0.970. The molecule has 1 aromatic rings. The number of hydrogen-bond donors (Lipinski definition) is 3. The third-order valence-electron chi connectivity index (χ3n) is 1.59. The lowest BCUT2D eigenvalue weighted by atomic mass is 10.3. The summed E-state index contributed by atoms with van der Waals surface area (Å²) >= 11 is 0. The number of aromatic nitrogens is 2. The number of rotatable bonds is 4. The van der Waals surface area contributed by atoms with E-state index in [1.165, 1.54) is 0 Å². The Kier molecular flexibility index (Phi) is 3.81. The van der Waals surface area contributed by atoms with Gasteiger partial charge in [-0.1, -0.05) is 0 Å². The van der Waals surface area contributed by atoms with Crippen molar-refractivity contribution in [3.63, 3.8) is 0 Å². The first-order valence-corrected chi connectivity index (χ1v) is 4.66. The summed E-state index contributed by atoms with van der Waals surface area (Å²) in [7, 11) is 0. The summed E-state index contributed by atoms with van der Waals surface area (Å²) in [5.41, 5.74) is 5.17. The number of nitrogens with one attached hydrogen (secondary N) is 2. The molecule has 8 nitrogen and oxygen atoms in total. The van der Waals surface area contributed by atoms with Crippen LogP contribution in [0, 0.1) is 0 Å². The van der Waals surface area contributed by atoms with Crippen LogP contribution >= 0.6 is 0 Å². The fraction of sp³-hybridized carbons (Fsp3) is 0.500. The van der Waals surface area contributed by atoms with Crippen LogP contribution in [-0.2, 0) is 4.79 Å². The maximum absolute atomic E-state index is 11.4. The van der Waals surface area contributed by atoms with Crippen LogP contribution in [0.25, 0.3) is 0 Å². The Morgan fingerprint density at radius 1 is 1.44 bits per heavy atom. The molecule has 2 amide bonds. The molecule has 88 valence electrons. The summed E-state index contributed by atoms with van der Waals surface area (Å²) in [6, 6.07) is 0.0168. The van der Waals surface area contributed by atoms with Gasteiger partial charge in [-0.15, -0.1) is 0 Å². The Labute approximate surface area is 91.5 Å². The van der Waals surface area contributed by atoms with Gasteiger partial charge in [-0.3, -0.25) is 9.59 Å². The van der Waals surface area contributed by atoms with Crippen molar-refractivity contribution in [2.24, 2.45) is 0 Å². The summed E-state index contributed by atoms with van der Waals surface area (Å²) in [5, 5.41) is 11.5. The largest absolute Gasteiger partial charge is 0.379 e. The Morgan fingerprint density at radius 2 is 2.12 bits per heavy atom. The maximum atomic E-state index is 11.4. The van der Waals surface area contributed by atoms with Crippen molar-refractivity contribution >= 4 is 17.6 Å². The molecule has 0 fully saturated rings. The van der Waals surface area contributed by atoms with E-state index in [4.69, 9.17) is 5.73 Å². The molecule has 16 heavy (non-hydrogen) atoms. The number of carbonyl (C=O) groups is 2. The van der Waals surface area contributed by atoms with E-state index in [-0.39, 0.29) is 30.0 Å². The number of amides is 2. The van der Waals surface area contributed by atoms with Crippen molar-refractivity contribution in [2.75, 3.05) is 12.3 Å². The summed E-state index contributed by atoms with van der Waals surface area (Å²) in [6.45, 7) is 3.49. The highest BCUT2D eigenvalue weighted by Gasteiger charge is 2.16. The Balaban J connectivity index is 2.42. The third-order valence-corrected chi connectivity index (χ3v) is 1.59. The van der Waals surface area contributed by atoms with Crippen molar-refractivity contribution in [1.29, 1.82) is 0 Å². The second kappa shape index (κ2) is 5.10. The molecule has 8 heteroatoms. The summed E-state index contributed by atoms with van der Waals surface area (Å²) < 4.78 is 4.25. The summed E-state index contributed by atoms with van der Waals surface area (Å²) in [5.74, 6) is -1.00. The van der Waals surface area contributed by atoms with Gasteiger partial charge < -0.3 is 16.4 Å². The van der Waals surface area contributed by atoms with Crippen LogP contribution in [0.3, 0.4) is 0 Å². The van der Waals surface area contributed by atoms with Crippen molar-refractivity contribution in [3.05, 3.63) is 5.69 Å². The van der Waals surface area contributed by atoms with Gasteiger partial charge in [0.1, 0.15) is 0 Å². The molecule has 0 saturated carbocycles. The van der Waals surface area contributed by atoms with Crippen LogP contribution < -0.4 is 16.4 Å². The number of nitrogen functional groups attached to an aromatic ring is 1. The smallest absolute Gasteiger partial charge is 0.277 e. The highest BCUT2D eigenvalue weighted by molar-refractivity contribution is 5.97. The molecule has 0 aromatic carbocycles. The predicted molar refractivity (Wildman–Crippen MR) is 54.3 cm³/mol. The second-order valence-corrected chi connectivity index (χ2v) is 3.40. The first kappa shape index (κ1) is 12.0. The Morgan fingerprint density at radius 3 is 2.62 bits per heavy atom. The quantitative estimate of drug-likeness (QED) is 0.600. The first-order valence-electron chi connectivity index (χ1n) is 4.66. The lowest BCUT2D eigenvalue weighted by molar-refractivity contribution is -0.120. The number of nitrogens with zero attached hydrogens (tertiary/aromatic N) is 2. The van der Waals surface area contributed by atoms with E-state index in [2.05, 4.69) is 25.6 Å². The van der Waals surface area contributed by atoms with Gasteiger partial charge in [0.25, 0.3) is 5.91 Å². The van der Waals surface area contributed by atoms with Crippen LogP contribution in [0.2, 0.25) is 0 Å². The van der Waals surface area contributed by atoms with Crippen molar-refractivity contribution in [1.82, 2.24) is 20.9 Å². The van der Waals surface area contributed by atoms with Crippen molar-refractivity contribution in [2.45, 2.75) is 19.9 Å². The molecule has 0 spiro atoms. The van der Waals surface area contributed by atoms with Crippen LogP contribution in [-0.4, -0.2) is 34.7 Å². The number of carbonyl (C=O) groups excluding carboxylic acids is 2. The van der Waals surface area contributed by atoms with E-state index in [0.717, 1.165) is 0 Å². The second-order valence-electron chi connectivity index (χ2n) is 3.40. The van der Waals surface area contributed by atoms with Gasteiger partial charge >= 0.3 is 0 Å². The molecule has 0 atom stereocenters. The zero-order valence-electron chi connectivity index (χ0n) is 8.98. The van der Waals surface area contributed by atoms with E-state index >= 15 is 0 Å². The molecule has 0 radical (unpaired) electrons. The van der Waals surface area contributed by atoms with Crippen molar-refractivity contribution in [3.8, 4) is 0 Å². The summed E-state index contributed by atoms with van der Waals surface area (Å²) in [4.78, 5) is 22.6. The van der Waals surface area contributed by atoms with Gasteiger partial charge in [-0.25, -0.2) is 4.63 Å². The van der Waals surface area contributed by atoms with E-state index in [1.54, 1.807) is 0 Å². The number of anilines is 1. The van der Waals surface area contributed by atoms with Crippen LogP contribution in [0.1, 0.15) is 24.3 Å². The molecular formula is C8H13N5O3. The highest BCUT2D eigenvalue weighted by Crippen LogP contribution is 2.02. The lowest BCUT2D eigenvalue weighted by Gasteiger charge is -2.08. The van der Waals surface area contributed by atoms with Gasteiger partial charge in [-0.05, 0) is 24.2 Å². The minimum absolute atomic E-state index is 0.0168. The standard InChI is InChI=1S/C8H13N5O3/c1-4(2)11-5(14)3-10-8(15)6-7(9)13-16-12-6/h4H,3H2,1-2H3,(H2,9,13)(H,10,15)(H,11,14). The first-order chi connectivity index (χ1) is 7.50. The van der Waals surface area contributed by atoms with E-state index in [0.29, 0.717) is 0 Å². The molecule has 0 unspecified atom stereocenters. The van der Waals surface area contributed by atoms with E-state index < -0.39 is 5.91 Å². The summed E-state index contributed by atoms with van der Waals surface area (Å²) in [6.07, 6.45) is 0. The zero-order valence-corrected chi connectivity index (χ0v) is 8.98.